The Hall–Kier alpha value is -1.59. The van der Waals surface area contributed by atoms with Crippen molar-refractivity contribution >= 4 is 40.7 Å². The Morgan fingerprint density at radius 2 is 2.11 bits per heavy atom. The lowest BCUT2D eigenvalue weighted by Crippen LogP contribution is -2.06. The molecule has 0 fully saturated rings. The van der Waals surface area contributed by atoms with Gasteiger partial charge in [0.25, 0.3) is 0 Å². The van der Waals surface area contributed by atoms with E-state index in [2.05, 4.69) is 20.6 Å². The monoisotopic (exact) mass is 300 g/mol. The van der Waals surface area contributed by atoms with Crippen LogP contribution in [-0.4, -0.2) is 16.5 Å². The molecular formula is C12H11Cl2FN4. The van der Waals surface area contributed by atoms with Crippen LogP contribution >= 0.6 is 23.2 Å². The molecule has 2 N–H and O–H groups in total. The zero-order valence-corrected chi connectivity index (χ0v) is 11.6. The van der Waals surface area contributed by atoms with Crippen LogP contribution < -0.4 is 10.6 Å². The maximum Gasteiger partial charge on any atom is 0.224 e. The number of halogens is 3. The van der Waals surface area contributed by atoms with Gasteiger partial charge in [-0.05, 0) is 25.1 Å². The SMILES string of the molecule is CCNc1ncc(F)c(Nc2cc(Cl)ccc2Cl)n1. The molecule has 0 atom stereocenters. The minimum absolute atomic E-state index is 0.0371. The average Bonchev–Trinajstić information content (AvgIpc) is 2.38. The molecule has 19 heavy (non-hydrogen) atoms. The van der Waals surface area contributed by atoms with Crippen LogP contribution in [0.5, 0.6) is 0 Å². The number of aromatic nitrogens is 2. The Labute approximate surface area is 120 Å². The minimum atomic E-state index is -0.572. The van der Waals surface area contributed by atoms with E-state index in [9.17, 15) is 4.39 Å². The van der Waals surface area contributed by atoms with Crippen LogP contribution in [0.3, 0.4) is 0 Å². The Morgan fingerprint density at radius 3 is 2.84 bits per heavy atom. The fraction of sp³-hybridized carbons (Fsp3) is 0.167. The number of nitrogens with zero attached hydrogens (tertiary/aromatic N) is 2. The third-order valence-electron chi connectivity index (χ3n) is 2.26. The topological polar surface area (TPSA) is 49.8 Å². The van der Waals surface area contributed by atoms with Gasteiger partial charge in [0.15, 0.2) is 11.6 Å². The summed E-state index contributed by atoms with van der Waals surface area (Å²) in [5.41, 5.74) is 0.481. The summed E-state index contributed by atoms with van der Waals surface area (Å²) < 4.78 is 13.6. The molecule has 4 nitrogen and oxygen atoms in total. The van der Waals surface area contributed by atoms with E-state index in [4.69, 9.17) is 23.2 Å². The predicted octanol–water partition coefficient (Wildman–Crippen LogP) is 4.10. The predicted molar refractivity (Wildman–Crippen MR) is 75.9 cm³/mol. The summed E-state index contributed by atoms with van der Waals surface area (Å²) in [6.07, 6.45) is 1.09. The van der Waals surface area contributed by atoms with Crippen LogP contribution in [0.2, 0.25) is 10.0 Å². The third-order valence-corrected chi connectivity index (χ3v) is 2.83. The summed E-state index contributed by atoms with van der Waals surface area (Å²) in [6.45, 7) is 2.54. The molecule has 0 unspecified atom stereocenters. The van der Waals surface area contributed by atoms with E-state index in [1.807, 2.05) is 6.92 Å². The van der Waals surface area contributed by atoms with Crippen molar-refractivity contribution in [2.45, 2.75) is 6.92 Å². The molecule has 100 valence electrons. The number of rotatable bonds is 4. The molecule has 0 aliphatic rings. The zero-order chi connectivity index (χ0) is 13.8. The van der Waals surface area contributed by atoms with Gasteiger partial charge in [-0.15, -0.1) is 0 Å². The van der Waals surface area contributed by atoms with Crippen molar-refractivity contribution in [2.75, 3.05) is 17.2 Å². The van der Waals surface area contributed by atoms with Gasteiger partial charge < -0.3 is 10.6 Å². The van der Waals surface area contributed by atoms with Gasteiger partial charge in [-0.3, -0.25) is 0 Å². The number of hydrogen-bond donors (Lipinski definition) is 2. The van der Waals surface area contributed by atoms with E-state index in [1.165, 1.54) is 0 Å². The number of anilines is 3. The van der Waals surface area contributed by atoms with E-state index < -0.39 is 5.82 Å². The molecule has 0 amide bonds. The smallest absolute Gasteiger partial charge is 0.224 e. The third kappa shape index (κ3) is 3.45. The molecule has 1 heterocycles. The van der Waals surface area contributed by atoms with Crippen LogP contribution in [0.4, 0.5) is 21.8 Å². The lowest BCUT2D eigenvalue weighted by atomic mass is 10.3. The highest BCUT2D eigenvalue weighted by Gasteiger charge is 2.09. The lowest BCUT2D eigenvalue weighted by Gasteiger charge is -2.10. The molecule has 2 rings (SSSR count). The molecule has 0 saturated heterocycles. The normalized spacial score (nSPS) is 10.3. The van der Waals surface area contributed by atoms with E-state index in [-0.39, 0.29) is 5.82 Å². The highest BCUT2D eigenvalue weighted by Crippen LogP contribution is 2.28. The molecule has 1 aromatic carbocycles. The Bertz CT molecular complexity index is 592. The first-order valence-corrected chi connectivity index (χ1v) is 6.34. The van der Waals surface area contributed by atoms with Crippen molar-refractivity contribution in [3.8, 4) is 0 Å². The van der Waals surface area contributed by atoms with Crippen LogP contribution in [0, 0.1) is 5.82 Å². The van der Waals surface area contributed by atoms with Gasteiger partial charge in [-0.2, -0.15) is 4.98 Å². The maximum atomic E-state index is 13.6. The summed E-state index contributed by atoms with van der Waals surface area (Å²) >= 11 is 11.9. The number of benzene rings is 1. The molecule has 0 aliphatic carbocycles. The van der Waals surface area contributed by atoms with Crippen LogP contribution in [-0.2, 0) is 0 Å². The second-order valence-electron chi connectivity index (χ2n) is 3.67. The molecule has 7 heteroatoms. The van der Waals surface area contributed by atoms with Gasteiger partial charge in [0, 0.05) is 11.6 Å². The Kier molecular flexibility index (Phi) is 4.39. The van der Waals surface area contributed by atoms with Gasteiger partial charge >= 0.3 is 0 Å². The highest BCUT2D eigenvalue weighted by molar-refractivity contribution is 6.35. The second-order valence-corrected chi connectivity index (χ2v) is 4.51. The molecule has 0 saturated carbocycles. The van der Waals surface area contributed by atoms with Crippen molar-refractivity contribution in [3.05, 3.63) is 40.3 Å². The Morgan fingerprint density at radius 1 is 1.32 bits per heavy atom. The van der Waals surface area contributed by atoms with Gasteiger partial charge in [0.05, 0.1) is 16.9 Å². The summed E-state index contributed by atoms with van der Waals surface area (Å²) in [6, 6.07) is 4.87. The molecule has 0 radical (unpaired) electrons. The largest absolute Gasteiger partial charge is 0.354 e. The highest BCUT2D eigenvalue weighted by atomic mass is 35.5. The number of hydrogen-bond acceptors (Lipinski definition) is 4. The Balaban J connectivity index is 2.31. The molecule has 0 spiro atoms. The molecule has 2 aromatic rings. The fourth-order valence-electron chi connectivity index (χ4n) is 1.42. The van der Waals surface area contributed by atoms with Crippen LogP contribution in [0.1, 0.15) is 6.92 Å². The minimum Gasteiger partial charge on any atom is -0.354 e. The first-order chi connectivity index (χ1) is 9.10. The summed E-state index contributed by atoms with van der Waals surface area (Å²) in [7, 11) is 0. The summed E-state index contributed by atoms with van der Waals surface area (Å²) in [5, 5.41) is 6.61. The van der Waals surface area contributed by atoms with Crippen LogP contribution in [0.25, 0.3) is 0 Å². The average molecular weight is 301 g/mol. The molecule has 0 bridgehead atoms. The summed E-state index contributed by atoms with van der Waals surface area (Å²) in [5.74, 6) is -0.197. The van der Waals surface area contributed by atoms with Crippen LogP contribution in [0.15, 0.2) is 24.4 Å². The first kappa shape index (κ1) is 13.8. The fourth-order valence-corrected chi connectivity index (χ4v) is 1.76. The van der Waals surface area contributed by atoms with E-state index in [0.29, 0.717) is 28.2 Å². The van der Waals surface area contributed by atoms with Gasteiger partial charge in [-0.1, -0.05) is 23.2 Å². The first-order valence-electron chi connectivity index (χ1n) is 5.58. The molecular weight excluding hydrogens is 290 g/mol. The van der Waals surface area contributed by atoms with E-state index in [0.717, 1.165) is 6.20 Å². The second kappa shape index (κ2) is 6.04. The van der Waals surface area contributed by atoms with E-state index >= 15 is 0 Å². The van der Waals surface area contributed by atoms with Crippen molar-refractivity contribution in [2.24, 2.45) is 0 Å². The van der Waals surface area contributed by atoms with Crippen molar-refractivity contribution < 1.29 is 4.39 Å². The van der Waals surface area contributed by atoms with Crippen molar-refractivity contribution in [1.29, 1.82) is 0 Å². The standard InChI is InChI=1S/C12H11Cl2FN4/c1-2-16-12-17-6-9(15)11(19-12)18-10-5-7(13)3-4-8(10)14/h3-6H,2H2,1H3,(H2,16,17,18,19). The maximum absolute atomic E-state index is 13.6. The number of nitrogens with one attached hydrogen (secondary N) is 2. The lowest BCUT2D eigenvalue weighted by molar-refractivity contribution is 0.619. The molecule has 0 aliphatic heterocycles. The van der Waals surface area contributed by atoms with Gasteiger partial charge in [0.1, 0.15) is 0 Å². The quantitative estimate of drug-likeness (QED) is 0.892. The van der Waals surface area contributed by atoms with Crippen molar-refractivity contribution in [3.63, 3.8) is 0 Å². The molecule has 1 aromatic heterocycles. The zero-order valence-electron chi connectivity index (χ0n) is 10.0. The van der Waals surface area contributed by atoms with Gasteiger partial charge in [0.2, 0.25) is 5.95 Å². The summed E-state index contributed by atoms with van der Waals surface area (Å²) in [4.78, 5) is 7.83. The van der Waals surface area contributed by atoms with Crippen molar-refractivity contribution in [1.82, 2.24) is 9.97 Å². The van der Waals surface area contributed by atoms with Gasteiger partial charge in [-0.25, -0.2) is 9.37 Å². The van der Waals surface area contributed by atoms with E-state index in [1.54, 1.807) is 18.2 Å².